The molecule has 1 saturated carbocycles. The van der Waals surface area contributed by atoms with E-state index in [4.69, 9.17) is 0 Å². The lowest BCUT2D eigenvalue weighted by Gasteiger charge is -2.31. The fraction of sp³-hybridized carbons (Fsp3) is 1.00. The van der Waals surface area contributed by atoms with Crippen molar-refractivity contribution in [2.75, 3.05) is 31.9 Å². The zero-order chi connectivity index (χ0) is 14.4. The fourth-order valence-electron chi connectivity index (χ4n) is 3.71. The molecule has 1 saturated heterocycles. The van der Waals surface area contributed by atoms with Crippen LogP contribution in [-0.2, 0) is 0 Å². The van der Waals surface area contributed by atoms with Gasteiger partial charge < -0.3 is 10.2 Å². The van der Waals surface area contributed by atoms with Crippen molar-refractivity contribution in [2.45, 2.75) is 70.1 Å². The summed E-state index contributed by atoms with van der Waals surface area (Å²) < 4.78 is 0.485. The molecule has 1 aliphatic heterocycles. The summed E-state index contributed by atoms with van der Waals surface area (Å²) in [4.78, 5) is 2.75. The van der Waals surface area contributed by atoms with Crippen LogP contribution in [0.4, 0.5) is 0 Å². The minimum atomic E-state index is 0.485. The average Bonchev–Trinajstić information content (AvgIpc) is 2.71. The summed E-state index contributed by atoms with van der Waals surface area (Å²) in [7, 11) is 0. The second kappa shape index (κ2) is 8.05. The van der Waals surface area contributed by atoms with Gasteiger partial charge in [-0.2, -0.15) is 11.8 Å². The number of rotatable bonds is 4. The smallest absolute Gasteiger partial charge is 0.0116 e. The van der Waals surface area contributed by atoms with E-state index in [1.807, 2.05) is 0 Å². The van der Waals surface area contributed by atoms with Crippen LogP contribution in [0.15, 0.2) is 0 Å². The zero-order valence-electron chi connectivity index (χ0n) is 13.8. The molecular formula is C17H34N2S. The molecule has 0 amide bonds. The molecule has 1 heterocycles. The second-order valence-corrected chi connectivity index (χ2v) is 9.02. The van der Waals surface area contributed by atoms with Gasteiger partial charge in [-0.3, -0.25) is 0 Å². The third kappa shape index (κ3) is 5.23. The molecule has 0 radical (unpaired) electrons. The molecule has 118 valence electrons. The molecule has 0 aromatic carbocycles. The molecule has 3 heteroatoms. The number of thioether (sulfide) groups is 1. The lowest BCUT2D eigenvalue weighted by atomic mass is 9.93. The van der Waals surface area contributed by atoms with E-state index < -0.39 is 0 Å². The van der Waals surface area contributed by atoms with Crippen LogP contribution >= 0.6 is 11.8 Å². The molecule has 2 atom stereocenters. The summed E-state index contributed by atoms with van der Waals surface area (Å²) in [5.74, 6) is 2.19. The van der Waals surface area contributed by atoms with E-state index in [0.29, 0.717) is 4.75 Å². The molecule has 2 rings (SSSR count). The molecule has 0 bridgehead atoms. The lowest BCUT2D eigenvalue weighted by molar-refractivity contribution is 0.200. The third-order valence-electron chi connectivity index (χ3n) is 5.05. The maximum Gasteiger partial charge on any atom is 0.0116 e. The Morgan fingerprint density at radius 2 is 1.95 bits per heavy atom. The Kier molecular flexibility index (Phi) is 6.70. The highest BCUT2D eigenvalue weighted by Crippen LogP contribution is 2.32. The monoisotopic (exact) mass is 298 g/mol. The number of hydrogen-bond acceptors (Lipinski definition) is 3. The van der Waals surface area contributed by atoms with Crippen LogP contribution in [0.1, 0.15) is 59.3 Å². The van der Waals surface area contributed by atoms with Crippen molar-refractivity contribution in [1.29, 1.82) is 0 Å². The van der Waals surface area contributed by atoms with E-state index in [0.717, 1.165) is 18.5 Å². The van der Waals surface area contributed by atoms with Gasteiger partial charge in [0.15, 0.2) is 0 Å². The predicted molar refractivity (Wildman–Crippen MR) is 91.6 cm³/mol. The Labute approximate surface area is 130 Å². The molecule has 2 aliphatic rings. The van der Waals surface area contributed by atoms with E-state index in [-0.39, 0.29) is 0 Å². The van der Waals surface area contributed by atoms with E-state index in [1.165, 1.54) is 63.9 Å². The highest BCUT2D eigenvalue weighted by molar-refractivity contribution is 8.00. The summed E-state index contributed by atoms with van der Waals surface area (Å²) in [5.41, 5.74) is 0. The Morgan fingerprint density at radius 3 is 2.75 bits per heavy atom. The first-order valence-corrected chi connectivity index (χ1v) is 9.69. The topological polar surface area (TPSA) is 15.3 Å². The molecule has 2 fully saturated rings. The molecule has 0 aromatic rings. The molecular weight excluding hydrogens is 264 g/mol. The molecule has 0 spiro atoms. The lowest BCUT2D eigenvalue weighted by Crippen LogP contribution is -2.42. The quantitative estimate of drug-likeness (QED) is 0.796. The van der Waals surface area contributed by atoms with E-state index in [2.05, 4.69) is 42.7 Å². The first kappa shape index (κ1) is 16.6. The molecule has 2 nitrogen and oxygen atoms in total. The van der Waals surface area contributed by atoms with Gasteiger partial charge in [0, 0.05) is 29.6 Å². The number of nitrogens with one attached hydrogen (secondary N) is 1. The highest BCUT2D eigenvalue weighted by atomic mass is 32.2. The first-order valence-electron chi connectivity index (χ1n) is 8.70. The highest BCUT2D eigenvalue weighted by Gasteiger charge is 2.28. The van der Waals surface area contributed by atoms with Gasteiger partial charge in [0.1, 0.15) is 0 Å². The van der Waals surface area contributed by atoms with Crippen molar-refractivity contribution in [1.82, 2.24) is 10.2 Å². The SMILES string of the molecule is CCNC1CCCCCC1CN1CCSC(C)(C)CC1. The Balaban J connectivity index is 1.88. The molecule has 20 heavy (non-hydrogen) atoms. The fourth-order valence-corrected chi connectivity index (χ4v) is 4.85. The third-order valence-corrected chi connectivity index (χ3v) is 6.42. The van der Waals surface area contributed by atoms with Crippen molar-refractivity contribution in [3.63, 3.8) is 0 Å². The summed E-state index contributed by atoms with van der Waals surface area (Å²) >= 11 is 2.16. The summed E-state index contributed by atoms with van der Waals surface area (Å²) in [6.45, 7) is 12.1. The average molecular weight is 299 g/mol. The van der Waals surface area contributed by atoms with Gasteiger partial charge in [-0.05, 0) is 38.3 Å². The standard InChI is InChI=1S/C17H34N2S/c1-4-18-16-9-7-5-6-8-15(16)14-19-11-10-17(2,3)20-13-12-19/h15-16,18H,4-14H2,1-3H3. The van der Waals surface area contributed by atoms with Gasteiger partial charge >= 0.3 is 0 Å². The summed E-state index contributed by atoms with van der Waals surface area (Å²) in [5, 5.41) is 3.76. The van der Waals surface area contributed by atoms with Crippen molar-refractivity contribution in [2.24, 2.45) is 5.92 Å². The van der Waals surface area contributed by atoms with Crippen molar-refractivity contribution in [3.05, 3.63) is 0 Å². The van der Waals surface area contributed by atoms with Crippen LogP contribution in [0.25, 0.3) is 0 Å². The molecule has 0 aromatic heterocycles. The minimum Gasteiger partial charge on any atom is -0.314 e. The van der Waals surface area contributed by atoms with Crippen LogP contribution in [0.2, 0.25) is 0 Å². The van der Waals surface area contributed by atoms with E-state index >= 15 is 0 Å². The maximum absolute atomic E-state index is 3.76. The van der Waals surface area contributed by atoms with Crippen molar-refractivity contribution in [3.8, 4) is 0 Å². The van der Waals surface area contributed by atoms with Gasteiger partial charge in [-0.25, -0.2) is 0 Å². The summed E-state index contributed by atoms with van der Waals surface area (Å²) in [6.07, 6.45) is 8.49. The normalized spacial score (nSPS) is 32.5. The maximum atomic E-state index is 3.76. The van der Waals surface area contributed by atoms with Gasteiger partial charge in [0.05, 0.1) is 0 Å². The molecule has 1 aliphatic carbocycles. The van der Waals surface area contributed by atoms with Crippen LogP contribution in [-0.4, -0.2) is 47.6 Å². The van der Waals surface area contributed by atoms with Gasteiger partial charge in [0.25, 0.3) is 0 Å². The minimum absolute atomic E-state index is 0.485. The Bertz CT molecular complexity index is 280. The predicted octanol–water partition coefficient (Wildman–Crippen LogP) is 3.76. The van der Waals surface area contributed by atoms with Crippen molar-refractivity contribution < 1.29 is 0 Å². The van der Waals surface area contributed by atoms with Crippen LogP contribution in [0.3, 0.4) is 0 Å². The van der Waals surface area contributed by atoms with Gasteiger partial charge in [0.2, 0.25) is 0 Å². The van der Waals surface area contributed by atoms with Gasteiger partial charge in [-0.1, -0.05) is 40.0 Å². The molecule has 2 unspecified atom stereocenters. The second-order valence-electron chi connectivity index (χ2n) is 7.22. The van der Waals surface area contributed by atoms with Crippen LogP contribution in [0.5, 0.6) is 0 Å². The number of hydrogen-bond donors (Lipinski definition) is 1. The van der Waals surface area contributed by atoms with Gasteiger partial charge in [-0.15, -0.1) is 0 Å². The Hall–Kier alpha value is 0.270. The van der Waals surface area contributed by atoms with Crippen LogP contribution in [0, 0.1) is 5.92 Å². The van der Waals surface area contributed by atoms with E-state index in [1.54, 1.807) is 0 Å². The largest absolute Gasteiger partial charge is 0.314 e. The number of nitrogens with zero attached hydrogens (tertiary/aromatic N) is 1. The Morgan fingerprint density at radius 1 is 1.15 bits per heavy atom. The summed E-state index contributed by atoms with van der Waals surface area (Å²) in [6, 6.07) is 0.770. The zero-order valence-corrected chi connectivity index (χ0v) is 14.6. The molecule has 1 N–H and O–H groups in total. The van der Waals surface area contributed by atoms with E-state index in [9.17, 15) is 0 Å². The van der Waals surface area contributed by atoms with Crippen LogP contribution < -0.4 is 5.32 Å². The first-order chi connectivity index (χ1) is 9.61. The van der Waals surface area contributed by atoms with Crippen molar-refractivity contribution >= 4 is 11.8 Å².